The number of nitrogens with two attached hydrogens (primary N) is 2. The fraction of sp³-hybridized carbons (Fsp3) is 0.385. The largest absolute Gasteiger partial charge is 0.494 e. The zero-order valence-electron chi connectivity index (χ0n) is 20.6. The van der Waals surface area contributed by atoms with Crippen molar-refractivity contribution in [3.63, 3.8) is 0 Å². The first-order chi connectivity index (χ1) is 17.9. The minimum Gasteiger partial charge on any atom is -0.494 e. The number of nitrogen functional groups attached to an aromatic ring is 1. The van der Waals surface area contributed by atoms with Crippen LogP contribution in [0.3, 0.4) is 0 Å². The predicted octanol–water partition coefficient (Wildman–Crippen LogP) is 3.65. The highest BCUT2D eigenvalue weighted by molar-refractivity contribution is 7.09. The predicted molar refractivity (Wildman–Crippen MR) is 139 cm³/mol. The number of rotatable bonds is 10. The van der Waals surface area contributed by atoms with Gasteiger partial charge in [0.25, 0.3) is 11.8 Å². The minimum atomic E-state index is -1.01. The lowest BCUT2D eigenvalue weighted by Gasteiger charge is -2.33. The average molecular weight is 526 g/mol. The molecule has 0 aliphatic heterocycles. The van der Waals surface area contributed by atoms with Crippen molar-refractivity contribution in [2.75, 3.05) is 12.3 Å². The van der Waals surface area contributed by atoms with Crippen LogP contribution in [0.1, 0.15) is 76.6 Å². The Hall–Kier alpha value is -3.86. The SMILES string of the molecule is CCOc1ccc([C@H](C(=O)NC2CCCCC2)N(Cc2ccco2)C(=O)c2snc(C(N)=O)c2N)cc1. The zero-order chi connectivity index (χ0) is 26.4. The Kier molecular flexibility index (Phi) is 8.44. The summed E-state index contributed by atoms with van der Waals surface area (Å²) in [6.45, 7) is 2.38. The maximum Gasteiger partial charge on any atom is 0.270 e. The van der Waals surface area contributed by atoms with E-state index in [1.54, 1.807) is 36.4 Å². The molecule has 1 aliphatic rings. The van der Waals surface area contributed by atoms with Crippen LogP contribution in [0.4, 0.5) is 5.69 Å². The van der Waals surface area contributed by atoms with Crippen LogP contribution >= 0.6 is 11.5 Å². The number of carbonyl (C=O) groups excluding carboxylic acids is 3. The van der Waals surface area contributed by atoms with Crippen LogP contribution in [0.2, 0.25) is 0 Å². The van der Waals surface area contributed by atoms with Gasteiger partial charge >= 0.3 is 0 Å². The Morgan fingerprint density at radius 3 is 2.51 bits per heavy atom. The molecule has 1 aromatic carbocycles. The first-order valence-corrected chi connectivity index (χ1v) is 13.1. The molecule has 196 valence electrons. The summed E-state index contributed by atoms with van der Waals surface area (Å²) in [7, 11) is 0. The van der Waals surface area contributed by atoms with E-state index in [1.165, 1.54) is 11.2 Å². The van der Waals surface area contributed by atoms with Gasteiger partial charge in [0.1, 0.15) is 22.4 Å². The number of primary amides is 1. The lowest BCUT2D eigenvalue weighted by atomic mass is 9.94. The van der Waals surface area contributed by atoms with Crippen LogP contribution in [-0.2, 0) is 11.3 Å². The topological polar surface area (TPSA) is 154 Å². The molecule has 2 heterocycles. The van der Waals surface area contributed by atoms with Crippen molar-refractivity contribution < 1.29 is 23.5 Å². The second kappa shape index (κ2) is 11.9. The number of hydrogen-bond donors (Lipinski definition) is 3. The van der Waals surface area contributed by atoms with Gasteiger partial charge in [-0.15, -0.1) is 0 Å². The van der Waals surface area contributed by atoms with Crippen molar-refractivity contribution >= 4 is 34.9 Å². The number of aromatic nitrogens is 1. The summed E-state index contributed by atoms with van der Waals surface area (Å²) in [5.41, 5.74) is 11.8. The number of hydrogen-bond acceptors (Lipinski definition) is 8. The number of ether oxygens (including phenoxy) is 1. The Morgan fingerprint density at radius 1 is 1.19 bits per heavy atom. The average Bonchev–Trinajstić information content (AvgIpc) is 3.54. The second-order valence-corrected chi connectivity index (χ2v) is 9.67. The molecular formula is C26H31N5O5S. The van der Waals surface area contributed by atoms with E-state index in [0.29, 0.717) is 23.7 Å². The molecule has 0 saturated heterocycles. The number of furan rings is 1. The van der Waals surface area contributed by atoms with Crippen molar-refractivity contribution in [3.05, 3.63) is 64.6 Å². The number of benzene rings is 1. The van der Waals surface area contributed by atoms with Crippen molar-refractivity contribution in [1.82, 2.24) is 14.6 Å². The summed E-state index contributed by atoms with van der Waals surface area (Å²) in [5.74, 6) is -0.568. The highest BCUT2D eigenvalue weighted by Crippen LogP contribution is 2.32. The van der Waals surface area contributed by atoms with Gasteiger partial charge < -0.3 is 30.8 Å². The molecule has 5 N–H and O–H groups in total. The molecule has 2 aromatic heterocycles. The summed E-state index contributed by atoms with van der Waals surface area (Å²) in [6.07, 6.45) is 6.50. The maximum atomic E-state index is 13.9. The van der Waals surface area contributed by atoms with Crippen molar-refractivity contribution in [2.45, 2.75) is 57.7 Å². The fourth-order valence-corrected chi connectivity index (χ4v) is 5.28. The fourth-order valence-electron chi connectivity index (χ4n) is 4.52. The molecule has 10 nitrogen and oxygen atoms in total. The first-order valence-electron chi connectivity index (χ1n) is 12.3. The number of amides is 3. The molecule has 0 bridgehead atoms. The molecule has 0 spiro atoms. The van der Waals surface area contributed by atoms with Gasteiger partial charge in [0.05, 0.1) is 25.1 Å². The first kappa shape index (κ1) is 26.2. The molecular weight excluding hydrogens is 494 g/mol. The van der Waals surface area contributed by atoms with Gasteiger partial charge in [0, 0.05) is 6.04 Å². The molecule has 1 saturated carbocycles. The highest BCUT2D eigenvalue weighted by Gasteiger charge is 2.36. The molecule has 11 heteroatoms. The molecule has 1 fully saturated rings. The summed E-state index contributed by atoms with van der Waals surface area (Å²) in [4.78, 5) is 40.9. The van der Waals surface area contributed by atoms with Gasteiger partial charge in [0.15, 0.2) is 5.69 Å². The van der Waals surface area contributed by atoms with Crippen LogP contribution in [0, 0.1) is 0 Å². The Bertz CT molecular complexity index is 1220. The normalized spacial score (nSPS) is 14.6. The summed E-state index contributed by atoms with van der Waals surface area (Å²) < 4.78 is 15.1. The van der Waals surface area contributed by atoms with E-state index < -0.39 is 17.9 Å². The molecule has 4 rings (SSSR count). The van der Waals surface area contributed by atoms with E-state index >= 15 is 0 Å². The lowest BCUT2D eigenvalue weighted by Crippen LogP contribution is -2.46. The lowest BCUT2D eigenvalue weighted by molar-refractivity contribution is -0.127. The number of nitrogens with one attached hydrogen (secondary N) is 1. The molecule has 3 amide bonds. The summed E-state index contributed by atoms with van der Waals surface area (Å²) in [6, 6.07) is 9.52. The number of anilines is 1. The van der Waals surface area contributed by atoms with Crippen LogP contribution in [0.25, 0.3) is 0 Å². The zero-order valence-corrected chi connectivity index (χ0v) is 21.5. The summed E-state index contributed by atoms with van der Waals surface area (Å²) >= 11 is 0.773. The minimum absolute atomic E-state index is 0.00889. The number of nitrogens with zero attached hydrogens (tertiary/aromatic N) is 2. The van der Waals surface area contributed by atoms with E-state index in [1.807, 2.05) is 6.92 Å². The standard InChI is InChI=1S/C26H31N5O5S/c1-2-35-18-12-10-16(11-13-18)22(25(33)29-17-7-4-3-5-8-17)31(15-19-9-6-14-36-19)26(34)23-20(27)21(24(28)32)30-37-23/h6,9-14,17,22H,2-5,7-8,15,27H2,1H3,(H2,28,32)(H,29,33)/t22-/m1/s1. The molecule has 3 aromatic rings. The Labute approximate surface area is 219 Å². The third-order valence-corrected chi connectivity index (χ3v) is 7.19. The van der Waals surface area contributed by atoms with Crippen molar-refractivity contribution in [1.29, 1.82) is 0 Å². The molecule has 1 atom stereocenters. The third kappa shape index (κ3) is 6.11. The number of carbonyl (C=O) groups is 3. The molecule has 0 radical (unpaired) electrons. The van der Waals surface area contributed by atoms with Crippen LogP contribution < -0.4 is 21.5 Å². The van der Waals surface area contributed by atoms with Gasteiger partial charge in [-0.25, -0.2) is 0 Å². The monoisotopic (exact) mass is 525 g/mol. The molecule has 37 heavy (non-hydrogen) atoms. The van der Waals surface area contributed by atoms with Crippen LogP contribution in [-0.4, -0.2) is 39.6 Å². The van der Waals surface area contributed by atoms with Gasteiger partial charge in [-0.3, -0.25) is 14.4 Å². The highest BCUT2D eigenvalue weighted by atomic mass is 32.1. The van der Waals surface area contributed by atoms with Gasteiger partial charge in [-0.05, 0) is 61.1 Å². The van der Waals surface area contributed by atoms with E-state index in [9.17, 15) is 14.4 Å². The molecule has 1 aliphatic carbocycles. The van der Waals surface area contributed by atoms with Crippen LogP contribution in [0.5, 0.6) is 5.75 Å². The Balaban J connectivity index is 1.75. The van der Waals surface area contributed by atoms with E-state index in [-0.39, 0.29) is 34.8 Å². The molecule has 0 unspecified atom stereocenters. The van der Waals surface area contributed by atoms with Crippen molar-refractivity contribution in [3.8, 4) is 5.75 Å². The smallest absolute Gasteiger partial charge is 0.270 e. The van der Waals surface area contributed by atoms with E-state index in [0.717, 1.165) is 43.6 Å². The summed E-state index contributed by atoms with van der Waals surface area (Å²) in [5, 5.41) is 3.15. The second-order valence-electron chi connectivity index (χ2n) is 8.90. The quantitative estimate of drug-likeness (QED) is 0.365. The maximum absolute atomic E-state index is 13.9. The van der Waals surface area contributed by atoms with Crippen LogP contribution in [0.15, 0.2) is 47.1 Å². The van der Waals surface area contributed by atoms with Crippen molar-refractivity contribution in [2.24, 2.45) is 5.73 Å². The van der Waals surface area contributed by atoms with E-state index in [2.05, 4.69) is 9.69 Å². The third-order valence-electron chi connectivity index (χ3n) is 6.34. The van der Waals surface area contributed by atoms with E-state index in [4.69, 9.17) is 20.6 Å². The van der Waals surface area contributed by atoms with Gasteiger partial charge in [-0.1, -0.05) is 31.4 Å². The van der Waals surface area contributed by atoms with Gasteiger partial charge in [-0.2, -0.15) is 4.37 Å². The Morgan fingerprint density at radius 2 is 1.92 bits per heavy atom. The van der Waals surface area contributed by atoms with Gasteiger partial charge in [0.2, 0.25) is 5.91 Å².